The molecule has 2 heterocycles. The van der Waals surface area contributed by atoms with E-state index in [1.807, 2.05) is 0 Å². The van der Waals surface area contributed by atoms with E-state index in [1.54, 1.807) is 0 Å². The van der Waals surface area contributed by atoms with Crippen LogP contribution in [0.25, 0.3) is 6.20 Å². The van der Waals surface area contributed by atoms with E-state index in [2.05, 4.69) is 49.0 Å². The summed E-state index contributed by atoms with van der Waals surface area (Å²) in [6, 6.07) is 4.30. The van der Waals surface area contributed by atoms with Crippen LogP contribution in [0, 0.1) is 5.92 Å². The second-order valence-electron chi connectivity index (χ2n) is 3.45. The van der Waals surface area contributed by atoms with E-state index in [0.717, 1.165) is 0 Å². The van der Waals surface area contributed by atoms with Crippen LogP contribution in [0.1, 0.15) is 25.5 Å². The second-order valence-corrected chi connectivity index (χ2v) is 3.45. The third-order valence-corrected chi connectivity index (χ3v) is 2.33. The van der Waals surface area contributed by atoms with Crippen LogP contribution in [0.4, 0.5) is 0 Å². The van der Waals surface area contributed by atoms with E-state index in [-0.39, 0.29) is 0 Å². The molecule has 1 aromatic rings. The molecule has 0 fully saturated rings. The minimum Gasteiger partial charge on any atom is -0.327 e. The number of hydrogen-bond acceptors (Lipinski definition) is 0. The van der Waals surface area contributed by atoms with Crippen molar-refractivity contribution in [3.63, 3.8) is 0 Å². The van der Waals surface area contributed by atoms with Gasteiger partial charge < -0.3 is 4.57 Å². The van der Waals surface area contributed by atoms with Gasteiger partial charge in [-0.2, -0.15) is 0 Å². The number of aromatic nitrogens is 1. The molecule has 0 amide bonds. The van der Waals surface area contributed by atoms with Crippen molar-refractivity contribution >= 4 is 6.20 Å². The van der Waals surface area contributed by atoms with Crippen LogP contribution in [0.2, 0.25) is 0 Å². The van der Waals surface area contributed by atoms with Gasteiger partial charge in [-0.05, 0) is 18.1 Å². The van der Waals surface area contributed by atoms with Gasteiger partial charge in [-0.15, -0.1) is 0 Å². The predicted octanol–water partition coefficient (Wildman–Crippen LogP) is 2.71. The number of hydrogen-bond donors (Lipinski definition) is 0. The summed E-state index contributed by atoms with van der Waals surface area (Å²) >= 11 is 0. The van der Waals surface area contributed by atoms with Crippen molar-refractivity contribution in [3.05, 3.63) is 30.1 Å². The summed E-state index contributed by atoms with van der Waals surface area (Å²) in [5.41, 5.74) is 1.43. The Morgan fingerprint density at radius 1 is 1.45 bits per heavy atom. The first-order chi connectivity index (χ1) is 5.29. The van der Waals surface area contributed by atoms with Gasteiger partial charge in [0.05, 0.1) is 0 Å². The third kappa shape index (κ3) is 0.917. The fourth-order valence-corrected chi connectivity index (χ4v) is 1.67. The van der Waals surface area contributed by atoms with Gasteiger partial charge >= 0.3 is 0 Å². The SMILES string of the molecule is CC(C)C1C=Cn2cccc21. The molecule has 58 valence electrons. The number of rotatable bonds is 1. The standard InChI is InChI=1S/C10H13N/c1-8(2)9-5-7-11-6-3-4-10(9)11/h3-9H,1-2H3. The molecule has 11 heavy (non-hydrogen) atoms. The fraction of sp³-hybridized carbons (Fsp3) is 0.400. The summed E-state index contributed by atoms with van der Waals surface area (Å²) in [4.78, 5) is 0. The Morgan fingerprint density at radius 3 is 3.00 bits per heavy atom. The molecule has 0 radical (unpaired) electrons. The Kier molecular flexibility index (Phi) is 1.38. The summed E-state index contributed by atoms with van der Waals surface area (Å²) in [6.45, 7) is 4.52. The van der Waals surface area contributed by atoms with Crippen LogP contribution in [-0.4, -0.2) is 4.57 Å². The van der Waals surface area contributed by atoms with Gasteiger partial charge in [-0.25, -0.2) is 0 Å². The highest BCUT2D eigenvalue weighted by atomic mass is 15.0. The van der Waals surface area contributed by atoms with Crippen molar-refractivity contribution in [2.45, 2.75) is 19.8 Å². The summed E-state index contributed by atoms with van der Waals surface area (Å²) < 4.78 is 2.20. The Labute approximate surface area is 67.3 Å². The molecule has 1 atom stereocenters. The highest BCUT2D eigenvalue weighted by Gasteiger charge is 2.19. The van der Waals surface area contributed by atoms with Crippen molar-refractivity contribution < 1.29 is 0 Å². The Hall–Kier alpha value is -0.980. The van der Waals surface area contributed by atoms with E-state index in [1.165, 1.54) is 5.69 Å². The third-order valence-electron chi connectivity index (χ3n) is 2.33. The smallest absolute Gasteiger partial charge is 0.0292 e. The van der Waals surface area contributed by atoms with Gasteiger partial charge in [0, 0.05) is 24.0 Å². The molecule has 1 aliphatic heterocycles. The topological polar surface area (TPSA) is 4.93 Å². The normalized spacial score (nSPS) is 21.2. The van der Waals surface area contributed by atoms with Crippen molar-refractivity contribution in [3.8, 4) is 0 Å². The minimum atomic E-state index is 0.630. The lowest BCUT2D eigenvalue weighted by Gasteiger charge is -2.11. The largest absolute Gasteiger partial charge is 0.327 e. The zero-order valence-electron chi connectivity index (χ0n) is 6.99. The Morgan fingerprint density at radius 2 is 2.27 bits per heavy atom. The first kappa shape index (κ1) is 6.71. The van der Waals surface area contributed by atoms with Crippen LogP contribution in [-0.2, 0) is 0 Å². The van der Waals surface area contributed by atoms with Crippen molar-refractivity contribution in [2.24, 2.45) is 5.92 Å². The Balaban J connectivity index is 2.39. The molecule has 0 bridgehead atoms. The van der Waals surface area contributed by atoms with Gasteiger partial charge in [0.2, 0.25) is 0 Å². The number of nitrogens with zero attached hydrogens (tertiary/aromatic N) is 1. The average molecular weight is 147 g/mol. The molecule has 0 spiro atoms. The van der Waals surface area contributed by atoms with Gasteiger partial charge in [-0.3, -0.25) is 0 Å². The summed E-state index contributed by atoms with van der Waals surface area (Å²) in [5, 5.41) is 0. The summed E-state index contributed by atoms with van der Waals surface area (Å²) in [7, 11) is 0. The lowest BCUT2D eigenvalue weighted by atomic mass is 9.94. The maximum atomic E-state index is 2.28. The zero-order valence-corrected chi connectivity index (χ0v) is 6.99. The zero-order chi connectivity index (χ0) is 7.84. The first-order valence-electron chi connectivity index (χ1n) is 4.14. The lowest BCUT2D eigenvalue weighted by molar-refractivity contribution is 0.575. The van der Waals surface area contributed by atoms with Crippen molar-refractivity contribution in [1.29, 1.82) is 0 Å². The van der Waals surface area contributed by atoms with E-state index in [4.69, 9.17) is 0 Å². The first-order valence-corrected chi connectivity index (χ1v) is 4.14. The molecule has 1 nitrogen and oxygen atoms in total. The number of allylic oxidation sites excluding steroid dienone is 1. The molecule has 0 saturated heterocycles. The summed E-state index contributed by atoms with van der Waals surface area (Å²) in [6.07, 6.45) is 6.54. The molecule has 1 aromatic heterocycles. The van der Waals surface area contributed by atoms with Crippen LogP contribution in [0.3, 0.4) is 0 Å². The molecule has 1 heteroatoms. The molecule has 2 rings (SSSR count). The highest BCUT2D eigenvalue weighted by molar-refractivity contribution is 5.41. The minimum absolute atomic E-state index is 0.630. The molecule has 0 aromatic carbocycles. The molecule has 0 saturated carbocycles. The van der Waals surface area contributed by atoms with Gasteiger partial charge in [-0.1, -0.05) is 19.9 Å². The van der Waals surface area contributed by atoms with E-state index >= 15 is 0 Å². The molecular weight excluding hydrogens is 134 g/mol. The van der Waals surface area contributed by atoms with Crippen LogP contribution < -0.4 is 0 Å². The maximum Gasteiger partial charge on any atom is 0.0292 e. The second kappa shape index (κ2) is 2.26. The number of fused-ring (bicyclic) bond motifs is 1. The van der Waals surface area contributed by atoms with Crippen LogP contribution >= 0.6 is 0 Å². The molecule has 1 unspecified atom stereocenters. The van der Waals surface area contributed by atoms with Crippen molar-refractivity contribution in [2.75, 3.05) is 0 Å². The fourth-order valence-electron chi connectivity index (χ4n) is 1.67. The van der Waals surface area contributed by atoms with Gasteiger partial charge in [0.25, 0.3) is 0 Å². The highest BCUT2D eigenvalue weighted by Crippen LogP contribution is 2.30. The average Bonchev–Trinajstić information content (AvgIpc) is 2.41. The Bertz CT molecular complexity index is 281. The van der Waals surface area contributed by atoms with E-state index < -0.39 is 0 Å². The summed E-state index contributed by atoms with van der Waals surface area (Å²) in [5.74, 6) is 1.34. The van der Waals surface area contributed by atoms with E-state index in [9.17, 15) is 0 Å². The quantitative estimate of drug-likeness (QED) is 0.575. The maximum absolute atomic E-state index is 2.28. The predicted molar refractivity (Wildman–Crippen MR) is 47.3 cm³/mol. The molecular formula is C10H13N. The van der Waals surface area contributed by atoms with Gasteiger partial charge in [0.15, 0.2) is 0 Å². The molecule has 0 aliphatic carbocycles. The monoisotopic (exact) mass is 147 g/mol. The van der Waals surface area contributed by atoms with E-state index in [0.29, 0.717) is 11.8 Å². The van der Waals surface area contributed by atoms with Crippen LogP contribution in [0.15, 0.2) is 24.4 Å². The van der Waals surface area contributed by atoms with Crippen molar-refractivity contribution in [1.82, 2.24) is 4.57 Å². The molecule has 0 N–H and O–H groups in total. The van der Waals surface area contributed by atoms with Crippen LogP contribution in [0.5, 0.6) is 0 Å². The molecule has 1 aliphatic rings. The van der Waals surface area contributed by atoms with Gasteiger partial charge in [0.1, 0.15) is 0 Å². The lowest BCUT2D eigenvalue weighted by Crippen LogP contribution is -2.01.